The van der Waals surface area contributed by atoms with Gasteiger partial charge in [-0.05, 0) is 44.2 Å². The van der Waals surface area contributed by atoms with Crippen molar-refractivity contribution >= 4 is 5.91 Å². The number of hydrogen-bond acceptors (Lipinski definition) is 4. The van der Waals surface area contributed by atoms with Gasteiger partial charge in [-0.2, -0.15) is 0 Å². The van der Waals surface area contributed by atoms with Gasteiger partial charge < -0.3 is 14.5 Å². The Kier molecular flexibility index (Phi) is 5.47. The van der Waals surface area contributed by atoms with Gasteiger partial charge in [0.25, 0.3) is 5.91 Å². The number of carbonyl (C=O) groups is 1. The fraction of sp³-hybridized carbons (Fsp3) is 0.478. The number of hydrogen-bond donors (Lipinski definition) is 0. The zero-order chi connectivity index (χ0) is 19.6. The molecule has 2 fully saturated rings. The largest absolute Gasteiger partial charge is 0.375 e. The molecule has 0 radical (unpaired) electrons. The molecule has 4 rings (SSSR count). The number of carbonyl (C=O) groups excluding carboxylic acids is 1. The SMILES string of the molecule is Cc1ccccc1C(=O)N1CC[C@@]2(CN(C)C[C@H]2COCc2ccccn2)C1. The first kappa shape index (κ1) is 19.1. The van der Waals surface area contributed by atoms with Crippen LogP contribution in [0.1, 0.15) is 28.0 Å². The Bertz CT molecular complexity index is 826. The zero-order valence-electron chi connectivity index (χ0n) is 16.8. The molecule has 2 saturated heterocycles. The van der Waals surface area contributed by atoms with Crippen molar-refractivity contribution in [2.75, 3.05) is 39.8 Å². The molecule has 1 aromatic heterocycles. The number of benzene rings is 1. The first-order valence-corrected chi connectivity index (χ1v) is 10.1. The molecule has 0 saturated carbocycles. The van der Waals surface area contributed by atoms with Crippen LogP contribution < -0.4 is 0 Å². The Hall–Kier alpha value is -2.24. The molecule has 2 atom stereocenters. The quantitative estimate of drug-likeness (QED) is 0.801. The van der Waals surface area contributed by atoms with Gasteiger partial charge in [-0.1, -0.05) is 24.3 Å². The second-order valence-corrected chi connectivity index (χ2v) is 8.38. The van der Waals surface area contributed by atoms with E-state index in [9.17, 15) is 4.79 Å². The average molecular weight is 380 g/mol. The summed E-state index contributed by atoms with van der Waals surface area (Å²) in [7, 11) is 2.17. The number of rotatable bonds is 5. The highest BCUT2D eigenvalue weighted by Crippen LogP contribution is 2.44. The molecule has 0 bridgehead atoms. The van der Waals surface area contributed by atoms with E-state index in [0.29, 0.717) is 19.1 Å². The van der Waals surface area contributed by atoms with E-state index in [2.05, 4.69) is 16.9 Å². The van der Waals surface area contributed by atoms with Crippen LogP contribution in [0, 0.1) is 18.3 Å². The third-order valence-electron chi connectivity index (χ3n) is 6.33. The van der Waals surface area contributed by atoms with Crippen molar-refractivity contribution in [2.45, 2.75) is 20.0 Å². The van der Waals surface area contributed by atoms with Crippen LogP contribution in [0.4, 0.5) is 0 Å². The molecule has 0 aliphatic carbocycles. The molecule has 1 aromatic carbocycles. The summed E-state index contributed by atoms with van der Waals surface area (Å²) in [5.41, 5.74) is 2.98. The Morgan fingerprint density at radius 2 is 2.04 bits per heavy atom. The minimum atomic E-state index is 0.136. The van der Waals surface area contributed by atoms with Crippen molar-refractivity contribution in [2.24, 2.45) is 11.3 Å². The first-order chi connectivity index (χ1) is 13.6. The minimum Gasteiger partial charge on any atom is -0.375 e. The molecule has 3 heterocycles. The van der Waals surface area contributed by atoms with Crippen LogP contribution in [0.2, 0.25) is 0 Å². The Labute approximate surface area is 167 Å². The summed E-state index contributed by atoms with van der Waals surface area (Å²) in [6, 6.07) is 13.8. The van der Waals surface area contributed by atoms with Gasteiger partial charge in [-0.3, -0.25) is 9.78 Å². The number of pyridine rings is 1. The van der Waals surface area contributed by atoms with Crippen LogP contribution in [-0.2, 0) is 11.3 Å². The summed E-state index contributed by atoms with van der Waals surface area (Å²) in [5.74, 6) is 0.605. The van der Waals surface area contributed by atoms with E-state index in [0.717, 1.165) is 49.4 Å². The Morgan fingerprint density at radius 1 is 1.21 bits per heavy atom. The fourth-order valence-corrected chi connectivity index (χ4v) is 4.83. The number of likely N-dealkylation sites (tertiary alicyclic amines) is 2. The van der Waals surface area contributed by atoms with Gasteiger partial charge in [0.1, 0.15) is 0 Å². The molecule has 5 heteroatoms. The monoisotopic (exact) mass is 379 g/mol. The van der Waals surface area contributed by atoms with Crippen molar-refractivity contribution < 1.29 is 9.53 Å². The van der Waals surface area contributed by atoms with Crippen LogP contribution in [0.25, 0.3) is 0 Å². The van der Waals surface area contributed by atoms with Crippen LogP contribution in [0.15, 0.2) is 48.7 Å². The van der Waals surface area contributed by atoms with Crippen LogP contribution >= 0.6 is 0 Å². The fourth-order valence-electron chi connectivity index (χ4n) is 4.83. The summed E-state index contributed by atoms with van der Waals surface area (Å²) in [6.45, 7) is 6.98. The van der Waals surface area contributed by atoms with Gasteiger partial charge in [0.15, 0.2) is 0 Å². The first-order valence-electron chi connectivity index (χ1n) is 10.1. The van der Waals surface area contributed by atoms with Gasteiger partial charge >= 0.3 is 0 Å². The number of ether oxygens (including phenoxy) is 1. The van der Waals surface area contributed by atoms with E-state index in [-0.39, 0.29) is 11.3 Å². The number of aromatic nitrogens is 1. The second-order valence-electron chi connectivity index (χ2n) is 8.38. The lowest BCUT2D eigenvalue weighted by atomic mass is 9.77. The van der Waals surface area contributed by atoms with Gasteiger partial charge in [0.05, 0.1) is 18.9 Å². The summed E-state index contributed by atoms with van der Waals surface area (Å²) in [5, 5.41) is 0. The number of amides is 1. The normalized spacial score (nSPS) is 24.9. The molecule has 148 valence electrons. The standard InChI is InChI=1S/C23H29N3O2/c1-18-7-3-4-9-21(18)22(27)26-12-10-23(17-26)16-25(2)13-19(23)14-28-15-20-8-5-6-11-24-20/h3-9,11,19H,10,12-17H2,1-2H3/t19-,23+/m0/s1. The van der Waals surface area contributed by atoms with E-state index in [1.54, 1.807) is 6.20 Å². The van der Waals surface area contributed by atoms with Crippen LogP contribution in [0.3, 0.4) is 0 Å². The maximum Gasteiger partial charge on any atom is 0.254 e. The topological polar surface area (TPSA) is 45.7 Å². The molecular formula is C23H29N3O2. The molecular weight excluding hydrogens is 350 g/mol. The van der Waals surface area contributed by atoms with E-state index in [1.807, 2.05) is 54.3 Å². The predicted molar refractivity (Wildman–Crippen MR) is 109 cm³/mol. The van der Waals surface area contributed by atoms with Crippen molar-refractivity contribution in [3.8, 4) is 0 Å². The highest BCUT2D eigenvalue weighted by atomic mass is 16.5. The van der Waals surface area contributed by atoms with E-state index < -0.39 is 0 Å². The Morgan fingerprint density at radius 3 is 2.82 bits per heavy atom. The van der Waals surface area contributed by atoms with Gasteiger partial charge in [-0.25, -0.2) is 0 Å². The molecule has 2 aromatic rings. The second kappa shape index (κ2) is 8.02. The lowest BCUT2D eigenvalue weighted by molar-refractivity contribution is 0.0483. The third-order valence-corrected chi connectivity index (χ3v) is 6.33. The van der Waals surface area contributed by atoms with Crippen molar-refractivity contribution in [3.63, 3.8) is 0 Å². The molecule has 28 heavy (non-hydrogen) atoms. The van der Waals surface area contributed by atoms with E-state index >= 15 is 0 Å². The average Bonchev–Trinajstić information content (AvgIpc) is 3.26. The summed E-state index contributed by atoms with van der Waals surface area (Å²) in [4.78, 5) is 21.8. The predicted octanol–water partition coefficient (Wildman–Crippen LogP) is 3.00. The number of aryl methyl sites for hydroxylation is 1. The van der Waals surface area contributed by atoms with Gasteiger partial charge in [0.2, 0.25) is 0 Å². The van der Waals surface area contributed by atoms with E-state index in [4.69, 9.17) is 4.74 Å². The molecule has 1 spiro atoms. The highest BCUT2D eigenvalue weighted by Gasteiger charge is 2.50. The minimum absolute atomic E-state index is 0.136. The summed E-state index contributed by atoms with van der Waals surface area (Å²) < 4.78 is 6.05. The van der Waals surface area contributed by atoms with Crippen LogP contribution in [0.5, 0.6) is 0 Å². The van der Waals surface area contributed by atoms with Crippen molar-refractivity contribution in [3.05, 3.63) is 65.5 Å². The van der Waals surface area contributed by atoms with E-state index in [1.165, 1.54) is 0 Å². The Balaban J connectivity index is 1.41. The summed E-state index contributed by atoms with van der Waals surface area (Å²) >= 11 is 0. The molecule has 1 amide bonds. The van der Waals surface area contributed by atoms with Crippen molar-refractivity contribution in [1.82, 2.24) is 14.8 Å². The van der Waals surface area contributed by atoms with Gasteiger partial charge in [-0.15, -0.1) is 0 Å². The van der Waals surface area contributed by atoms with Crippen molar-refractivity contribution in [1.29, 1.82) is 0 Å². The zero-order valence-corrected chi connectivity index (χ0v) is 16.8. The highest BCUT2D eigenvalue weighted by molar-refractivity contribution is 5.95. The maximum atomic E-state index is 13.1. The molecule has 0 unspecified atom stereocenters. The van der Waals surface area contributed by atoms with Crippen LogP contribution in [-0.4, -0.2) is 60.5 Å². The summed E-state index contributed by atoms with van der Waals surface area (Å²) in [6.07, 6.45) is 2.85. The molecule has 2 aliphatic rings. The molecule has 2 aliphatic heterocycles. The smallest absolute Gasteiger partial charge is 0.254 e. The lowest BCUT2D eigenvalue weighted by Gasteiger charge is -2.30. The lowest BCUT2D eigenvalue weighted by Crippen LogP contribution is -2.38. The molecule has 5 nitrogen and oxygen atoms in total. The van der Waals surface area contributed by atoms with Gasteiger partial charge in [0, 0.05) is 49.3 Å². The number of nitrogens with zero attached hydrogens (tertiary/aromatic N) is 3. The molecule has 0 N–H and O–H groups in total. The maximum absolute atomic E-state index is 13.1. The third kappa shape index (κ3) is 3.82.